The number of amides is 1. The number of hydrogen-bond donors (Lipinski definition) is 2. The van der Waals surface area contributed by atoms with Gasteiger partial charge in [0.05, 0.1) is 11.9 Å². The van der Waals surface area contributed by atoms with Gasteiger partial charge in [0.25, 0.3) is 5.56 Å². The maximum absolute atomic E-state index is 12.6. The van der Waals surface area contributed by atoms with Gasteiger partial charge in [0.1, 0.15) is 41.9 Å². The summed E-state index contributed by atoms with van der Waals surface area (Å²) in [4.78, 5) is 53.9. The molecule has 6 aromatic rings. The van der Waals surface area contributed by atoms with E-state index in [1.54, 1.807) is 29.2 Å². The summed E-state index contributed by atoms with van der Waals surface area (Å²) in [5.41, 5.74) is 2.68. The van der Waals surface area contributed by atoms with Crippen molar-refractivity contribution in [2.24, 2.45) is 10.8 Å². The summed E-state index contributed by atoms with van der Waals surface area (Å²) in [6.07, 6.45) is 11.4. The fraction of sp³-hybridized carbons (Fsp3) is 0.377. The Hall–Kier alpha value is -6.45. The number of aromatic amines is 1. The van der Waals surface area contributed by atoms with Crippen LogP contribution >= 0.6 is 15.9 Å². The van der Waals surface area contributed by atoms with Crippen LogP contribution in [0.15, 0.2) is 148 Å². The first-order chi connectivity index (χ1) is 32.8. The van der Waals surface area contributed by atoms with Crippen LogP contribution in [-0.4, -0.2) is 88.5 Å². The molecule has 68 heavy (non-hydrogen) atoms. The highest BCUT2D eigenvalue weighted by Crippen LogP contribution is 2.43. The van der Waals surface area contributed by atoms with E-state index < -0.39 is 5.60 Å². The van der Waals surface area contributed by atoms with Crippen molar-refractivity contribution in [3.8, 4) is 17.2 Å². The van der Waals surface area contributed by atoms with E-state index in [1.165, 1.54) is 18.9 Å². The maximum atomic E-state index is 12.6. The Labute approximate surface area is 406 Å². The lowest BCUT2D eigenvalue weighted by Crippen LogP contribution is -2.61. The highest BCUT2D eigenvalue weighted by molar-refractivity contribution is 9.10. The predicted octanol–water partition coefficient (Wildman–Crippen LogP) is 8.64. The molecule has 0 unspecified atom stereocenters. The summed E-state index contributed by atoms with van der Waals surface area (Å²) < 4.78 is 19.3. The molecule has 14 nitrogen and oxygen atoms in total. The highest BCUT2D eigenvalue weighted by Gasteiger charge is 2.46. The SMILES string of the molecule is CC(C)(C)OC(=O)N1CCC2(CC1)CN(c1ccc(Br)cn1)C2.O=c1cc(COc2ccccc2)cc[nH]1.O=c1cc(COc2ccccc2)ccn1-c1ccc(N2CC3(CCNCC3)C2)nc1. The smallest absolute Gasteiger partial charge is 0.410 e. The van der Waals surface area contributed by atoms with Gasteiger partial charge in [0.15, 0.2) is 0 Å². The van der Waals surface area contributed by atoms with Crippen LogP contribution in [0.4, 0.5) is 16.4 Å². The number of carbonyl (C=O) groups excluding carboxylic acids is 1. The molecule has 15 heteroatoms. The number of anilines is 2. The molecule has 0 atom stereocenters. The van der Waals surface area contributed by atoms with Gasteiger partial charge in [0.2, 0.25) is 5.56 Å². The van der Waals surface area contributed by atoms with Crippen molar-refractivity contribution in [3.63, 3.8) is 0 Å². The summed E-state index contributed by atoms with van der Waals surface area (Å²) in [5, 5.41) is 3.44. The number of H-pyrrole nitrogens is 1. The molecule has 4 fully saturated rings. The maximum Gasteiger partial charge on any atom is 0.410 e. The van der Waals surface area contributed by atoms with Gasteiger partial charge in [-0.3, -0.25) is 14.2 Å². The standard InChI is InChI=1S/C24H26N4O2.C17H24BrN3O2.C12H11NO2/c29-23-14-19(16-30-21-4-2-1-3-5-21)8-13-28(23)20-6-7-22(26-15-20)27-17-24(18-27)9-11-25-12-10-24;1-16(2,3)23-15(22)20-8-6-17(7-9-20)11-21(12-17)14-5-4-13(18)10-19-14;14-12-8-10(6-7-13-12)9-15-11-4-2-1-3-5-11/h1-8,13-15,25H,9-12,16-18H2;4-5,10H,6-9,11-12H2,1-3H3;1-8H,9H2,(H,13,14). The van der Waals surface area contributed by atoms with E-state index in [-0.39, 0.29) is 17.2 Å². The number of benzene rings is 2. The summed E-state index contributed by atoms with van der Waals surface area (Å²) in [5.74, 6) is 3.62. The van der Waals surface area contributed by atoms with E-state index in [0.717, 1.165) is 110 Å². The second-order valence-corrected chi connectivity index (χ2v) is 20.1. The first-order valence-corrected chi connectivity index (χ1v) is 24.1. The molecule has 0 radical (unpaired) electrons. The molecular weight excluding hydrogens is 925 g/mol. The number of ether oxygens (including phenoxy) is 3. The first kappa shape index (κ1) is 48.0. The fourth-order valence-electron chi connectivity index (χ4n) is 8.96. The lowest BCUT2D eigenvalue weighted by atomic mass is 9.72. The monoisotopic (exact) mass is 984 g/mol. The Kier molecular flexibility index (Phi) is 15.3. The van der Waals surface area contributed by atoms with E-state index in [9.17, 15) is 14.4 Å². The minimum atomic E-state index is -0.424. The summed E-state index contributed by atoms with van der Waals surface area (Å²) in [6.45, 7) is 14.5. The van der Waals surface area contributed by atoms with Crippen LogP contribution in [0.5, 0.6) is 11.5 Å². The van der Waals surface area contributed by atoms with Crippen molar-refractivity contribution in [1.29, 1.82) is 0 Å². The van der Waals surface area contributed by atoms with Gasteiger partial charge in [-0.05, 0) is 147 Å². The van der Waals surface area contributed by atoms with Crippen LogP contribution in [0.1, 0.15) is 57.6 Å². The molecule has 4 aliphatic heterocycles. The number of likely N-dealkylation sites (tertiary alicyclic amines) is 1. The molecule has 4 aromatic heterocycles. The molecule has 356 valence electrons. The zero-order valence-electron chi connectivity index (χ0n) is 39.1. The van der Waals surface area contributed by atoms with Gasteiger partial charge < -0.3 is 39.2 Å². The molecule has 2 aromatic carbocycles. The van der Waals surface area contributed by atoms with E-state index in [1.807, 2.05) is 129 Å². The predicted molar refractivity (Wildman–Crippen MR) is 269 cm³/mol. The van der Waals surface area contributed by atoms with Gasteiger partial charge in [-0.1, -0.05) is 36.4 Å². The fourth-order valence-corrected chi connectivity index (χ4v) is 9.20. The summed E-state index contributed by atoms with van der Waals surface area (Å²) >= 11 is 3.42. The molecule has 2 N–H and O–H groups in total. The normalized spacial score (nSPS) is 16.8. The topological polar surface area (TPSA) is 147 Å². The molecule has 2 spiro atoms. The number of nitrogens with one attached hydrogen (secondary N) is 2. The number of rotatable bonds is 9. The van der Waals surface area contributed by atoms with Crippen LogP contribution in [0.3, 0.4) is 0 Å². The van der Waals surface area contributed by atoms with Gasteiger partial charge in [0, 0.05) is 85.3 Å². The van der Waals surface area contributed by atoms with Crippen LogP contribution in [0.25, 0.3) is 5.69 Å². The lowest BCUT2D eigenvalue weighted by molar-refractivity contribution is 0.00589. The number of hydrogen-bond acceptors (Lipinski definition) is 11. The van der Waals surface area contributed by atoms with Crippen molar-refractivity contribution in [3.05, 3.63) is 170 Å². The molecule has 1 amide bonds. The Bertz CT molecular complexity index is 2660. The van der Waals surface area contributed by atoms with Crippen LogP contribution in [0, 0.1) is 10.8 Å². The largest absolute Gasteiger partial charge is 0.489 e. The van der Waals surface area contributed by atoms with Crippen molar-refractivity contribution in [2.75, 3.05) is 62.2 Å². The Morgan fingerprint density at radius 1 is 0.691 bits per heavy atom. The van der Waals surface area contributed by atoms with Crippen molar-refractivity contribution in [1.82, 2.24) is 29.7 Å². The molecule has 4 aliphatic rings. The number of nitrogens with zero attached hydrogens (tertiary/aromatic N) is 6. The average molecular weight is 986 g/mol. The van der Waals surface area contributed by atoms with E-state index in [2.05, 4.69) is 46.0 Å². The Balaban J connectivity index is 0.000000146. The minimum absolute atomic E-state index is 0.0867. The molecule has 0 saturated carbocycles. The third kappa shape index (κ3) is 13.0. The van der Waals surface area contributed by atoms with Crippen LogP contribution in [-0.2, 0) is 18.0 Å². The number of aromatic nitrogens is 4. The second kappa shape index (κ2) is 21.7. The molecule has 10 rings (SSSR count). The van der Waals surface area contributed by atoms with Crippen LogP contribution in [0.2, 0.25) is 0 Å². The van der Waals surface area contributed by atoms with Gasteiger partial charge >= 0.3 is 6.09 Å². The molecule has 0 bridgehead atoms. The molecule has 8 heterocycles. The van der Waals surface area contributed by atoms with Crippen molar-refractivity contribution < 1.29 is 19.0 Å². The number of piperidine rings is 2. The quantitative estimate of drug-likeness (QED) is 0.144. The number of carbonyl (C=O) groups is 1. The van der Waals surface area contributed by atoms with Gasteiger partial charge in [-0.2, -0.15) is 0 Å². The van der Waals surface area contributed by atoms with Crippen molar-refractivity contribution in [2.45, 2.75) is 65.3 Å². The zero-order valence-corrected chi connectivity index (χ0v) is 40.7. The Morgan fingerprint density at radius 2 is 1.25 bits per heavy atom. The molecule has 4 saturated heterocycles. The minimum Gasteiger partial charge on any atom is -0.489 e. The third-order valence-corrected chi connectivity index (χ3v) is 13.2. The third-order valence-electron chi connectivity index (χ3n) is 12.7. The van der Waals surface area contributed by atoms with E-state index >= 15 is 0 Å². The van der Waals surface area contributed by atoms with Gasteiger partial charge in [-0.15, -0.1) is 0 Å². The number of halogens is 1. The highest BCUT2D eigenvalue weighted by atomic mass is 79.9. The lowest BCUT2D eigenvalue weighted by Gasteiger charge is -2.54. The number of pyridine rings is 4. The zero-order chi connectivity index (χ0) is 47.6. The summed E-state index contributed by atoms with van der Waals surface area (Å²) in [6, 6.07) is 34.1. The van der Waals surface area contributed by atoms with E-state index in [4.69, 9.17) is 14.2 Å². The van der Waals surface area contributed by atoms with Crippen molar-refractivity contribution >= 4 is 33.7 Å². The second-order valence-electron chi connectivity index (χ2n) is 19.1. The molecule has 0 aliphatic carbocycles. The average Bonchev–Trinajstić information content (AvgIpc) is 3.32. The summed E-state index contributed by atoms with van der Waals surface area (Å²) in [7, 11) is 0. The first-order valence-electron chi connectivity index (χ1n) is 23.3. The van der Waals surface area contributed by atoms with E-state index in [0.29, 0.717) is 24.0 Å². The Morgan fingerprint density at radius 3 is 1.76 bits per heavy atom. The number of para-hydroxylation sites is 2. The van der Waals surface area contributed by atoms with Crippen LogP contribution < -0.4 is 35.7 Å². The van der Waals surface area contributed by atoms with Gasteiger partial charge in [-0.25, -0.2) is 14.8 Å². The molecular formula is C53H61BrN8O6.